The standard InChI is InChI=1S/C12H8Cl2N2O5/c13-6-1-5(3-8-11(19)16-12(20)15-8)2-7(14)10(6)21-4-9(17)18/h1-3H,4H2,(H,17,18)(H2,15,16,19,20)/b8-3-. The molecule has 0 unspecified atom stereocenters. The van der Waals surface area contributed by atoms with Crippen LogP contribution in [0.3, 0.4) is 0 Å². The Labute approximate surface area is 128 Å². The molecule has 0 radical (unpaired) electrons. The molecule has 3 amide bonds. The number of hydrogen-bond donors (Lipinski definition) is 3. The highest BCUT2D eigenvalue weighted by Gasteiger charge is 2.23. The SMILES string of the molecule is O=C(O)COc1c(Cl)cc(/C=C2\NC(=O)NC2=O)cc1Cl. The third-order valence-electron chi connectivity index (χ3n) is 2.39. The van der Waals surface area contributed by atoms with Gasteiger partial charge in [-0.2, -0.15) is 0 Å². The van der Waals surface area contributed by atoms with Gasteiger partial charge in [0.1, 0.15) is 5.70 Å². The summed E-state index contributed by atoms with van der Waals surface area (Å²) in [5.74, 6) is -1.71. The summed E-state index contributed by atoms with van der Waals surface area (Å²) in [5.41, 5.74) is 0.492. The van der Waals surface area contributed by atoms with Crippen LogP contribution in [0.5, 0.6) is 5.75 Å². The van der Waals surface area contributed by atoms with Crippen molar-refractivity contribution in [1.82, 2.24) is 10.6 Å². The van der Waals surface area contributed by atoms with Gasteiger partial charge in [-0.3, -0.25) is 10.1 Å². The second kappa shape index (κ2) is 6.02. The van der Waals surface area contributed by atoms with E-state index in [0.29, 0.717) is 5.56 Å². The molecule has 0 aliphatic carbocycles. The van der Waals surface area contributed by atoms with Crippen molar-refractivity contribution in [2.45, 2.75) is 0 Å². The lowest BCUT2D eigenvalue weighted by Crippen LogP contribution is -2.22. The quantitative estimate of drug-likeness (QED) is 0.575. The molecular formula is C12H8Cl2N2O5. The molecule has 1 aromatic rings. The summed E-state index contributed by atoms with van der Waals surface area (Å²) in [7, 11) is 0. The van der Waals surface area contributed by atoms with Gasteiger partial charge in [0.15, 0.2) is 12.4 Å². The van der Waals surface area contributed by atoms with Crippen LogP contribution in [0.15, 0.2) is 17.8 Å². The van der Waals surface area contributed by atoms with E-state index in [0.717, 1.165) is 0 Å². The summed E-state index contributed by atoms with van der Waals surface area (Å²) in [4.78, 5) is 32.8. The summed E-state index contributed by atoms with van der Waals surface area (Å²) in [6.45, 7) is -0.585. The number of aliphatic carboxylic acids is 1. The summed E-state index contributed by atoms with van der Waals surface area (Å²) < 4.78 is 4.96. The van der Waals surface area contributed by atoms with Crippen LogP contribution in [0, 0.1) is 0 Å². The Hall–Kier alpha value is -2.25. The van der Waals surface area contributed by atoms with Gasteiger partial charge in [-0.1, -0.05) is 23.2 Å². The van der Waals surface area contributed by atoms with Gasteiger partial charge in [0, 0.05) is 0 Å². The number of benzene rings is 1. The maximum atomic E-state index is 11.4. The fourth-order valence-corrected chi connectivity index (χ4v) is 2.20. The maximum absolute atomic E-state index is 11.4. The highest BCUT2D eigenvalue weighted by Crippen LogP contribution is 2.34. The number of hydrogen-bond acceptors (Lipinski definition) is 4. The smallest absolute Gasteiger partial charge is 0.341 e. The van der Waals surface area contributed by atoms with Crippen molar-refractivity contribution < 1.29 is 24.2 Å². The second-order valence-corrected chi connectivity index (χ2v) is 4.78. The summed E-state index contributed by atoms with van der Waals surface area (Å²) in [6.07, 6.45) is 1.37. The van der Waals surface area contributed by atoms with E-state index < -0.39 is 24.5 Å². The van der Waals surface area contributed by atoms with Crippen LogP contribution >= 0.6 is 23.2 Å². The highest BCUT2D eigenvalue weighted by molar-refractivity contribution is 6.37. The lowest BCUT2D eigenvalue weighted by Gasteiger charge is -2.09. The number of amides is 3. The van der Waals surface area contributed by atoms with E-state index in [1.807, 2.05) is 5.32 Å². The van der Waals surface area contributed by atoms with Gasteiger partial charge >= 0.3 is 12.0 Å². The van der Waals surface area contributed by atoms with E-state index >= 15 is 0 Å². The number of carboxylic acid groups (broad SMARTS) is 1. The molecular weight excluding hydrogens is 323 g/mol. The first-order valence-electron chi connectivity index (χ1n) is 5.54. The fraction of sp³-hybridized carbons (Fsp3) is 0.0833. The van der Waals surface area contributed by atoms with Crippen molar-refractivity contribution in [2.75, 3.05) is 6.61 Å². The Morgan fingerprint density at radius 3 is 2.33 bits per heavy atom. The van der Waals surface area contributed by atoms with Crippen molar-refractivity contribution in [3.8, 4) is 5.75 Å². The van der Waals surface area contributed by atoms with Crippen LogP contribution in [0.25, 0.3) is 6.08 Å². The van der Waals surface area contributed by atoms with E-state index in [1.54, 1.807) is 0 Å². The molecule has 1 fully saturated rings. The van der Waals surface area contributed by atoms with Crippen LogP contribution in [-0.2, 0) is 9.59 Å². The van der Waals surface area contributed by atoms with Gasteiger partial charge in [0.2, 0.25) is 0 Å². The largest absolute Gasteiger partial charge is 0.479 e. The molecule has 110 valence electrons. The molecule has 3 N–H and O–H groups in total. The number of rotatable bonds is 4. The Morgan fingerprint density at radius 1 is 1.24 bits per heavy atom. The number of ether oxygens (including phenoxy) is 1. The zero-order valence-corrected chi connectivity index (χ0v) is 11.8. The minimum atomic E-state index is -1.17. The molecule has 0 saturated carbocycles. The zero-order chi connectivity index (χ0) is 15.6. The Balaban J connectivity index is 2.27. The molecule has 1 aliphatic heterocycles. The molecule has 21 heavy (non-hydrogen) atoms. The summed E-state index contributed by atoms with van der Waals surface area (Å²) >= 11 is 11.9. The van der Waals surface area contributed by atoms with Crippen LogP contribution in [0.4, 0.5) is 4.79 Å². The minimum absolute atomic E-state index is 0.0304. The molecule has 1 saturated heterocycles. The Kier molecular flexibility index (Phi) is 4.35. The lowest BCUT2D eigenvalue weighted by molar-refractivity contribution is -0.139. The van der Waals surface area contributed by atoms with Crippen LogP contribution < -0.4 is 15.4 Å². The van der Waals surface area contributed by atoms with E-state index in [9.17, 15) is 14.4 Å². The molecule has 7 nitrogen and oxygen atoms in total. The molecule has 1 aromatic carbocycles. The van der Waals surface area contributed by atoms with Gasteiger partial charge in [0.05, 0.1) is 10.0 Å². The van der Waals surface area contributed by atoms with Crippen LogP contribution in [0.1, 0.15) is 5.56 Å². The van der Waals surface area contributed by atoms with E-state index in [4.69, 9.17) is 33.0 Å². The van der Waals surface area contributed by atoms with Crippen LogP contribution in [0.2, 0.25) is 10.0 Å². The van der Waals surface area contributed by atoms with Crippen molar-refractivity contribution in [3.05, 3.63) is 33.4 Å². The number of urea groups is 1. The summed E-state index contributed by atoms with van der Waals surface area (Å²) in [5, 5.41) is 13.1. The summed E-state index contributed by atoms with van der Waals surface area (Å²) in [6, 6.07) is 2.23. The van der Waals surface area contributed by atoms with Crippen molar-refractivity contribution >= 4 is 47.2 Å². The predicted octanol–water partition coefficient (Wildman–Crippen LogP) is 1.64. The number of imide groups is 1. The molecule has 0 atom stereocenters. The van der Waals surface area contributed by atoms with Crippen molar-refractivity contribution in [1.29, 1.82) is 0 Å². The lowest BCUT2D eigenvalue weighted by atomic mass is 10.2. The topological polar surface area (TPSA) is 105 Å². The van der Waals surface area contributed by atoms with Crippen molar-refractivity contribution in [2.24, 2.45) is 0 Å². The molecule has 0 aromatic heterocycles. The first-order valence-corrected chi connectivity index (χ1v) is 6.30. The van der Waals surface area contributed by atoms with Crippen molar-refractivity contribution in [3.63, 3.8) is 0 Å². The minimum Gasteiger partial charge on any atom is -0.479 e. The van der Waals surface area contributed by atoms with Gasteiger partial charge < -0.3 is 15.2 Å². The zero-order valence-electron chi connectivity index (χ0n) is 10.3. The monoisotopic (exact) mass is 330 g/mol. The molecule has 1 heterocycles. The molecule has 0 spiro atoms. The van der Waals surface area contributed by atoms with Gasteiger partial charge in [-0.15, -0.1) is 0 Å². The Bertz CT molecular complexity index is 649. The Morgan fingerprint density at radius 2 is 1.86 bits per heavy atom. The maximum Gasteiger partial charge on any atom is 0.341 e. The average molecular weight is 331 g/mol. The molecule has 9 heteroatoms. The third kappa shape index (κ3) is 3.65. The fourth-order valence-electron chi connectivity index (χ4n) is 1.58. The number of nitrogens with one attached hydrogen (secondary N) is 2. The first-order chi connectivity index (χ1) is 9.86. The second-order valence-electron chi connectivity index (χ2n) is 3.96. The number of carbonyl (C=O) groups is 3. The number of carboxylic acids is 1. The number of carbonyl (C=O) groups excluding carboxylic acids is 2. The predicted molar refractivity (Wildman–Crippen MR) is 74.2 cm³/mol. The molecule has 0 bridgehead atoms. The van der Waals surface area contributed by atoms with Gasteiger partial charge in [0.25, 0.3) is 5.91 Å². The molecule has 2 rings (SSSR count). The third-order valence-corrected chi connectivity index (χ3v) is 2.95. The first kappa shape index (κ1) is 15.1. The van der Waals surface area contributed by atoms with Gasteiger partial charge in [-0.05, 0) is 23.8 Å². The average Bonchev–Trinajstić information content (AvgIpc) is 2.66. The highest BCUT2D eigenvalue weighted by atomic mass is 35.5. The van der Waals surface area contributed by atoms with E-state index in [1.165, 1.54) is 18.2 Å². The number of halogens is 2. The normalized spacial score (nSPS) is 15.8. The van der Waals surface area contributed by atoms with E-state index in [2.05, 4.69) is 5.32 Å². The molecule has 1 aliphatic rings. The van der Waals surface area contributed by atoms with Crippen LogP contribution in [-0.4, -0.2) is 29.6 Å². The van der Waals surface area contributed by atoms with E-state index in [-0.39, 0.29) is 21.5 Å². The van der Waals surface area contributed by atoms with Gasteiger partial charge in [-0.25, -0.2) is 9.59 Å².